The molecule has 1 saturated heterocycles. The van der Waals surface area contributed by atoms with Crippen LogP contribution in [0, 0.1) is 6.92 Å². The zero-order valence-corrected chi connectivity index (χ0v) is 21.9. The molecule has 1 heterocycles. The third-order valence-electron chi connectivity index (χ3n) is 6.01. The van der Waals surface area contributed by atoms with Crippen LogP contribution in [0.3, 0.4) is 0 Å². The first-order chi connectivity index (χ1) is 18.2. The Kier molecular flexibility index (Phi) is 8.58. The van der Waals surface area contributed by atoms with Gasteiger partial charge in [-0.3, -0.25) is 4.18 Å². The number of methoxy groups -OCH3 is 1. The molecule has 9 nitrogen and oxygen atoms in total. The van der Waals surface area contributed by atoms with Gasteiger partial charge in [0.25, 0.3) is 10.1 Å². The highest BCUT2D eigenvalue weighted by molar-refractivity contribution is 7.86. The fourth-order valence-electron chi connectivity index (χ4n) is 3.99. The number of esters is 2. The van der Waals surface area contributed by atoms with E-state index >= 15 is 0 Å². The predicted molar refractivity (Wildman–Crippen MR) is 136 cm³/mol. The van der Waals surface area contributed by atoms with Crippen LogP contribution in [-0.2, 0) is 33.2 Å². The van der Waals surface area contributed by atoms with Crippen LogP contribution in [0.15, 0.2) is 89.8 Å². The van der Waals surface area contributed by atoms with Gasteiger partial charge in [-0.2, -0.15) is 8.42 Å². The molecule has 5 atom stereocenters. The highest BCUT2D eigenvalue weighted by atomic mass is 32.2. The first-order valence-corrected chi connectivity index (χ1v) is 13.3. The summed E-state index contributed by atoms with van der Waals surface area (Å²) >= 11 is 0. The SMILES string of the molecule is CO[C@@H]1O[C@@H](C)[C@@H](OS(=O)(=O)c2ccc(C)cc2)[C@H](OC(=O)c2ccccc2)[C@H]1OC(=O)c1ccccc1. The molecule has 0 spiro atoms. The number of hydrogen-bond acceptors (Lipinski definition) is 9. The smallest absolute Gasteiger partial charge is 0.338 e. The third-order valence-corrected chi connectivity index (χ3v) is 7.34. The Labute approximate surface area is 221 Å². The number of carbonyl (C=O) groups excluding carboxylic acids is 2. The van der Waals surface area contributed by atoms with Crippen molar-refractivity contribution in [2.75, 3.05) is 7.11 Å². The molecule has 4 rings (SSSR count). The van der Waals surface area contributed by atoms with Crippen LogP contribution in [0.4, 0.5) is 0 Å². The van der Waals surface area contributed by atoms with Gasteiger partial charge in [0.2, 0.25) is 0 Å². The van der Waals surface area contributed by atoms with Crippen LogP contribution in [0.1, 0.15) is 33.2 Å². The van der Waals surface area contributed by atoms with Crippen LogP contribution in [0.5, 0.6) is 0 Å². The Morgan fingerprint density at radius 2 is 1.24 bits per heavy atom. The standard InChI is InChI=1S/C28H28O9S/c1-18-14-16-22(17-15-18)38(31,32)37-23-19(2)34-28(33-3)25(36-27(30)21-12-8-5-9-13-21)24(23)35-26(29)20-10-6-4-7-11-20/h4-17,19,23-25,28H,1-3H3/t19-,23+,24-,25+,28+/m0/s1. The van der Waals surface area contributed by atoms with Crippen molar-refractivity contribution in [2.24, 2.45) is 0 Å². The predicted octanol–water partition coefficient (Wildman–Crippen LogP) is 3.91. The van der Waals surface area contributed by atoms with Gasteiger partial charge in [0.15, 0.2) is 18.5 Å². The summed E-state index contributed by atoms with van der Waals surface area (Å²) in [6.45, 7) is 3.38. The maximum atomic E-state index is 13.2. The van der Waals surface area contributed by atoms with Crippen molar-refractivity contribution in [3.8, 4) is 0 Å². The Morgan fingerprint density at radius 3 is 1.74 bits per heavy atom. The number of aryl methyl sites for hydroxylation is 1. The molecule has 0 saturated carbocycles. The molecule has 3 aromatic carbocycles. The number of ether oxygens (including phenoxy) is 4. The Morgan fingerprint density at radius 1 is 0.737 bits per heavy atom. The van der Waals surface area contributed by atoms with Crippen molar-refractivity contribution in [3.05, 3.63) is 102 Å². The van der Waals surface area contributed by atoms with Gasteiger partial charge >= 0.3 is 11.9 Å². The lowest BCUT2D eigenvalue weighted by atomic mass is 9.99. The second-order valence-corrected chi connectivity index (χ2v) is 10.3. The Hall–Kier alpha value is -3.57. The topological polar surface area (TPSA) is 114 Å². The average molecular weight is 541 g/mol. The highest BCUT2D eigenvalue weighted by Crippen LogP contribution is 2.32. The molecule has 1 aliphatic rings. The van der Waals surface area contributed by atoms with Gasteiger partial charge < -0.3 is 18.9 Å². The van der Waals surface area contributed by atoms with E-state index in [-0.39, 0.29) is 16.0 Å². The number of rotatable bonds is 8. The third kappa shape index (κ3) is 6.28. The minimum atomic E-state index is -4.32. The van der Waals surface area contributed by atoms with Crippen molar-refractivity contribution in [1.29, 1.82) is 0 Å². The summed E-state index contributed by atoms with van der Waals surface area (Å²) in [4.78, 5) is 26.0. The van der Waals surface area contributed by atoms with E-state index in [1.807, 2.05) is 6.92 Å². The minimum Gasteiger partial charge on any atom is -0.452 e. The molecular formula is C28H28O9S. The van der Waals surface area contributed by atoms with Crippen LogP contribution in [0.25, 0.3) is 0 Å². The Balaban J connectivity index is 1.70. The van der Waals surface area contributed by atoms with Gasteiger partial charge in [-0.1, -0.05) is 54.1 Å². The molecular weight excluding hydrogens is 512 g/mol. The van der Waals surface area contributed by atoms with Gasteiger partial charge in [0.05, 0.1) is 22.1 Å². The monoisotopic (exact) mass is 540 g/mol. The second-order valence-electron chi connectivity index (χ2n) is 8.75. The highest BCUT2D eigenvalue weighted by Gasteiger charge is 2.52. The molecule has 0 N–H and O–H groups in total. The molecule has 0 amide bonds. The van der Waals surface area contributed by atoms with Gasteiger partial charge in [0, 0.05) is 7.11 Å². The van der Waals surface area contributed by atoms with Crippen molar-refractivity contribution >= 4 is 22.1 Å². The fraction of sp³-hybridized carbons (Fsp3) is 0.286. The van der Waals surface area contributed by atoms with Gasteiger partial charge in [-0.15, -0.1) is 0 Å². The number of hydrogen-bond donors (Lipinski definition) is 0. The lowest BCUT2D eigenvalue weighted by Gasteiger charge is -2.43. The van der Waals surface area contributed by atoms with E-state index in [4.69, 9.17) is 23.1 Å². The summed E-state index contributed by atoms with van der Waals surface area (Å²) in [7, 11) is -2.99. The normalized spacial score (nSPS) is 23.4. The van der Waals surface area contributed by atoms with E-state index in [0.717, 1.165) is 5.56 Å². The van der Waals surface area contributed by atoms with E-state index in [1.165, 1.54) is 19.2 Å². The lowest BCUT2D eigenvalue weighted by molar-refractivity contribution is -0.279. The molecule has 200 valence electrons. The van der Waals surface area contributed by atoms with Gasteiger partial charge in [0.1, 0.15) is 6.10 Å². The van der Waals surface area contributed by atoms with Crippen molar-refractivity contribution < 1.29 is 41.1 Å². The van der Waals surface area contributed by atoms with Gasteiger partial charge in [-0.25, -0.2) is 9.59 Å². The largest absolute Gasteiger partial charge is 0.452 e. The molecule has 3 aromatic rings. The van der Waals surface area contributed by atoms with E-state index in [1.54, 1.807) is 79.7 Å². The number of carbonyl (C=O) groups is 2. The van der Waals surface area contributed by atoms with E-state index in [9.17, 15) is 18.0 Å². The zero-order chi connectivity index (χ0) is 27.3. The van der Waals surface area contributed by atoms with Crippen LogP contribution >= 0.6 is 0 Å². The molecule has 0 unspecified atom stereocenters. The maximum absolute atomic E-state index is 13.2. The quantitative estimate of drug-likeness (QED) is 0.310. The van der Waals surface area contributed by atoms with Crippen LogP contribution in [-0.4, -0.2) is 58.2 Å². The van der Waals surface area contributed by atoms with Crippen LogP contribution in [0.2, 0.25) is 0 Å². The fourth-order valence-corrected chi connectivity index (χ4v) is 5.13. The van der Waals surface area contributed by atoms with Crippen molar-refractivity contribution in [3.63, 3.8) is 0 Å². The summed E-state index contributed by atoms with van der Waals surface area (Å²) in [5, 5.41) is 0. The summed E-state index contributed by atoms with van der Waals surface area (Å²) in [6, 6.07) is 22.4. The molecule has 38 heavy (non-hydrogen) atoms. The first kappa shape index (κ1) is 27.5. The van der Waals surface area contributed by atoms with E-state index < -0.39 is 52.8 Å². The maximum Gasteiger partial charge on any atom is 0.338 e. The summed E-state index contributed by atoms with van der Waals surface area (Å²) < 4.78 is 54.7. The summed E-state index contributed by atoms with van der Waals surface area (Å²) in [5.41, 5.74) is 1.32. The Bertz CT molecular complexity index is 1340. The molecule has 0 radical (unpaired) electrons. The molecule has 1 fully saturated rings. The van der Waals surface area contributed by atoms with E-state index in [0.29, 0.717) is 0 Å². The zero-order valence-electron chi connectivity index (χ0n) is 21.1. The molecule has 1 aliphatic heterocycles. The molecule has 0 bridgehead atoms. The molecule has 0 aromatic heterocycles. The summed E-state index contributed by atoms with van der Waals surface area (Å²) in [5.74, 6) is -1.50. The summed E-state index contributed by atoms with van der Waals surface area (Å²) in [6.07, 6.45) is -6.22. The molecule has 10 heteroatoms. The second kappa shape index (κ2) is 11.9. The number of benzene rings is 3. The van der Waals surface area contributed by atoms with Gasteiger partial charge in [-0.05, 0) is 50.2 Å². The first-order valence-electron chi connectivity index (χ1n) is 11.9. The van der Waals surface area contributed by atoms with Crippen LogP contribution < -0.4 is 0 Å². The minimum absolute atomic E-state index is 0.0878. The van der Waals surface area contributed by atoms with E-state index in [2.05, 4.69) is 0 Å². The lowest BCUT2D eigenvalue weighted by Crippen LogP contribution is -2.61. The van der Waals surface area contributed by atoms with Crippen molar-refractivity contribution in [2.45, 2.75) is 49.4 Å². The molecule has 0 aliphatic carbocycles. The average Bonchev–Trinajstić information content (AvgIpc) is 2.93. The van der Waals surface area contributed by atoms with Crippen molar-refractivity contribution in [1.82, 2.24) is 0 Å².